The Morgan fingerprint density at radius 1 is 0.923 bits per heavy atom. The molecule has 5 heterocycles. The number of amides is 2. The molecular formula is C28H49FN8O2. The lowest BCUT2D eigenvalue weighted by Gasteiger charge is -2.43. The molecule has 0 spiro atoms. The van der Waals surface area contributed by atoms with Crippen LogP contribution in [0.25, 0.3) is 0 Å². The number of carbonyl (C=O) groups excluding carboxylic acids is 2. The summed E-state index contributed by atoms with van der Waals surface area (Å²) in [7, 11) is 0. The summed E-state index contributed by atoms with van der Waals surface area (Å²) in [5.41, 5.74) is 9.36. The molecule has 6 aliphatic rings. The summed E-state index contributed by atoms with van der Waals surface area (Å²) in [5, 5.41) is 11.7. The molecule has 1 saturated carbocycles. The van der Waals surface area contributed by atoms with Gasteiger partial charge in [-0.3, -0.25) is 14.9 Å². The Balaban J connectivity index is 0.993. The zero-order valence-electron chi connectivity index (χ0n) is 23.3. The number of piperidine rings is 2. The number of hydrogen-bond donors (Lipinski definition) is 5. The monoisotopic (exact) mass is 548 g/mol. The first-order valence-corrected chi connectivity index (χ1v) is 15.7. The van der Waals surface area contributed by atoms with Crippen molar-refractivity contribution < 1.29 is 14.0 Å². The van der Waals surface area contributed by atoms with Crippen LogP contribution in [0.5, 0.6) is 0 Å². The molecular weight excluding hydrogens is 499 g/mol. The summed E-state index contributed by atoms with van der Waals surface area (Å²) in [5.74, 6) is 0.930. The molecule has 6 unspecified atom stereocenters. The number of hydrazine groups is 1. The third-order valence-electron chi connectivity index (χ3n) is 10.6. The Kier molecular flexibility index (Phi) is 8.72. The average Bonchev–Trinajstić information content (AvgIpc) is 3.60. The fourth-order valence-electron chi connectivity index (χ4n) is 8.47. The van der Waals surface area contributed by atoms with Crippen LogP contribution in [-0.2, 0) is 9.59 Å². The quantitative estimate of drug-likeness (QED) is 0.325. The van der Waals surface area contributed by atoms with E-state index in [0.29, 0.717) is 23.8 Å². The van der Waals surface area contributed by atoms with Gasteiger partial charge in [0.1, 0.15) is 6.17 Å². The summed E-state index contributed by atoms with van der Waals surface area (Å²) in [6, 6.07) is 0.721. The van der Waals surface area contributed by atoms with E-state index in [1.807, 2.05) is 0 Å². The van der Waals surface area contributed by atoms with Gasteiger partial charge in [0, 0.05) is 50.7 Å². The number of nitrogens with zero attached hydrogens (tertiary/aromatic N) is 3. The highest BCUT2D eigenvalue weighted by molar-refractivity contribution is 5.81. The molecule has 0 aromatic rings. The van der Waals surface area contributed by atoms with E-state index in [0.717, 1.165) is 71.1 Å². The number of hydrogen-bond acceptors (Lipinski definition) is 8. The van der Waals surface area contributed by atoms with Crippen molar-refractivity contribution in [3.8, 4) is 0 Å². The third-order valence-corrected chi connectivity index (χ3v) is 10.6. The van der Waals surface area contributed by atoms with Crippen molar-refractivity contribution in [1.29, 1.82) is 0 Å². The van der Waals surface area contributed by atoms with Gasteiger partial charge in [0.05, 0.1) is 18.2 Å². The molecule has 220 valence electrons. The number of alkyl halides is 1. The first kappa shape index (κ1) is 27.8. The van der Waals surface area contributed by atoms with Crippen molar-refractivity contribution in [2.75, 3.05) is 52.4 Å². The number of nitrogens with two attached hydrogens (primary N) is 1. The van der Waals surface area contributed by atoms with Crippen molar-refractivity contribution in [3.05, 3.63) is 0 Å². The number of halogens is 1. The van der Waals surface area contributed by atoms with Gasteiger partial charge in [0.25, 0.3) is 0 Å². The van der Waals surface area contributed by atoms with Gasteiger partial charge in [0.2, 0.25) is 11.8 Å². The number of rotatable bonds is 5. The average molecular weight is 549 g/mol. The molecule has 0 aromatic carbocycles. The Hall–Kier alpha value is -1.37. The maximum atomic E-state index is 13.8. The molecule has 5 saturated heterocycles. The Morgan fingerprint density at radius 3 is 2.41 bits per heavy atom. The molecule has 11 heteroatoms. The van der Waals surface area contributed by atoms with Crippen LogP contribution in [0.2, 0.25) is 0 Å². The zero-order chi connectivity index (χ0) is 26.9. The molecule has 0 bridgehead atoms. The van der Waals surface area contributed by atoms with Gasteiger partial charge in [-0.2, -0.15) is 0 Å². The second-order valence-electron chi connectivity index (χ2n) is 13.0. The van der Waals surface area contributed by atoms with Crippen LogP contribution in [-0.4, -0.2) is 110 Å². The molecule has 0 aromatic heterocycles. The fourth-order valence-corrected chi connectivity index (χ4v) is 8.47. The number of nitrogens with one attached hydrogen (secondary N) is 4. The largest absolute Gasteiger partial charge is 0.351 e. The first-order chi connectivity index (χ1) is 19.0. The van der Waals surface area contributed by atoms with E-state index in [1.165, 1.54) is 25.9 Å². The van der Waals surface area contributed by atoms with Crippen molar-refractivity contribution in [3.63, 3.8) is 0 Å². The number of fused-ring (bicyclic) bond motifs is 1. The minimum atomic E-state index is -0.974. The van der Waals surface area contributed by atoms with Gasteiger partial charge < -0.3 is 26.2 Å². The molecule has 1 aliphatic carbocycles. The number of carbonyl (C=O) groups is 2. The van der Waals surface area contributed by atoms with Crippen molar-refractivity contribution in [2.45, 2.75) is 88.4 Å². The predicted octanol–water partition coefficient (Wildman–Crippen LogP) is -0.0375. The normalized spacial score (nSPS) is 40.9. The molecule has 5 aliphatic heterocycles. The summed E-state index contributed by atoms with van der Waals surface area (Å²) in [4.78, 5) is 31.6. The Bertz CT molecular complexity index is 859. The van der Waals surface area contributed by atoms with Crippen LogP contribution in [0.1, 0.15) is 57.8 Å². The fraction of sp³-hybridized carbons (Fsp3) is 0.929. The lowest BCUT2D eigenvalue weighted by atomic mass is 9.71. The van der Waals surface area contributed by atoms with Gasteiger partial charge >= 0.3 is 0 Å². The first-order valence-electron chi connectivity index (χ1n) is 15.7. The molecule has 10 nitrogen and oxygen atoms in total. The summed E-state index contributed by atoms with van der Waals surface area (Å²) < 4.78 is 13.8. The van der Waals surface area contributed by atoms with Crippen LogP contribution in [0.15, 0.2) is 0 Å². The minimum absolute atomic E-state index is 0.0480. The van der Waals surface area contributed by atoms with Crippen molar-refractivity contribution in [1.82, 2.24) is 36.2 Å². The van der Waals surface area contributed by atoms with E-state index in [4.69, 9.17) is 5.73 Å². The molecule has 6 fully saturated rings. The second-order valence-corrected chi connectivity index (χ2v) is 13.0. The summed E-state index contributed by atoms with van der Waals surface area (Å²) >= 11 is 0. The number of likely N-dealkylation sites (tertiary alicyclic amines) is 2. The molecule has 6 rings (SSSR count). The highest BCUT2D eigenvalue weighted by atomic mass is 19.1. The van der Waals surface area contributed by atoms with Crippen molar-refractivity contribution in [2.24, 2.45) is 29.4 Å². The summed E-state index contributed by atoms with van der Waals surface area (Å²) in [6.07, 6.45) is 8.17. The predicted molar refractivity (Wildman–Crippen MR) is 147 cm³/mol. The lowest BCUT2D eigenvalue weighted by molar-refractivity contribution is -0.138. The van der Waals surface area contributed by atoms with Crippen LogP contribution in [0.3, 0.4) is 0 Å². The standard InChI is InChI=1S/C28H49FN8O2/c29-20-15-32-26-24(25(30)34-37(26)17-20)27(38)33-23-16-31-10-7-22(23)18-3-5-19(6-4-18)28(39)36-13-8-21(9-14-36)35-11-1-2-12-35/h18-26,31-32,34H,1-17,30H2,(H,33,38). The lowest BCUT2D eigenvalue weighted by Crippen LogP contribution is -2.60. The van der Waals surface area contributed by atoms with E-state index in [1.54, 1.807) is 5.01 Å². The third kappa shape index (κ3) is 5.99. The van der Waals surface area contributed by atoms with E-state index in [-0.39, 0.29) is 37.1 Å². The van der Waals surface area contributed by atoms with E-state index >= 15 is 0 Å². The Labute approximate surface area is 232 Å². The smallest absolute Gasteiger partial charge is 0.229 e. The van der Waals surface area contributed by atoms with Gasteiger partial charge in [0.15, 0.2) is 0 Å². The van der Waals surface area contributed by atoms with E-state index < -0.39 is 18.3 Å². The molecule has 6 atom stereocenters. The van der Waals surface area contributed by atoms with Crippen LogP contribution >= 0.6 is 0 Å². The van der Waals surface area contributed by atoms with Gasteiger partial charge in [-0.05, 0) is 89.3 Å². The molecule has 6 N–H and O–H groups in total. The van der Waals surface area contributed by atoms with Gasteiger partial charge in [-0.25, -0.2) is 14.8 Å². The topological polar surface area (TPSA) is 118 Å². The molecule has 0 radical (unpaired) electrons. The van der Waals surface area contributed by atoms with E-state index in [2.05, 4.69) is 31.2 Å². The second kappa shape index (κ2) is 12.2. The summed E-state index contributed by atoms with van der Waals surface area (Å²) in [6.45, 7) is 6.50. The maximum absolute atomic E-state index is 13.8. The minimum Gasteiger partial charge on any atom is -0.351 e. The zero-order valence-corrected chi connectivity index (χ0v) is 23.3. The van der Waals surface area contributed by atoms with E-state index in [9.17, 15) is 14.0 Å². The van der Waals surface area contributed by atoms with Gasteiger partial charge in [-0.15, -0.1) is 0 Å². The maximum Gasteiger partial charge on any atom is 0.229 e. The highest BCUT2D eigenvalue weighted by Crippen LogP contribution is 2.38. The highest BCUT2D eigenvalue weighted by Gasteiger charge is 2.48. The Morgan fingerprint density at radius 2 is 1.67 bits per heavy atom. The van der Waals surface area contributed by atoms with Gasteiger partial charge in [-0.1, -0.05) is 0 Å². The SMILES string of the molecule is NC1NN2CC(F)CNC2C1C(=O)NC1CNCCC1C1CCC(C(=O)N2CCC(N3CCCC3)CC2)CC1. The molecule has 39 heavy (non-hydrogen) atoms. The van der Waals surface area contributed by atoms with Crippen LogP contribution in [0, 0.1) is 23.7 Å². The molecule has 2 amide bonds. The van der Waals surface area contributed by atoms with Crippen LogP contribution < -0.4 is 27.1 Å². The van der Waals surface area contributed by atoms with Crippen LogP contribution in [0.4, 0.5) is 4.39 Å². The van der Waals surface area contributed by atoms with Crippen molar-refractivity contribution >= 4 is 11.8 Å².